The summed E-state index contributed by atoms with van der Waals surface area (Å²) in [6.45, 7) is 6.93. The number of nitrogens with zero attached hydrogens (tertiary/aromatic N) is 4. The molecule has 7 nitrogen and oxygen atoms in total. The second kappa shape index (κ2) is 7.50. The Hall–Kier alpha value is -3.48. The zero-order valence-electron chi connectivity index (χ0n) is 16.7. The highest BCUT2D eigenvalue weighted by Gasteiger charge is 2.34. The van der Waals surface area contributed by atoms with E-state index in [4.69, 9.17) is 4.52 Å². The number of hydrogen-bond donors (Lipinski definition) is 0. The first-order valence-electron chi connectivity index (χ1n) is 9.50. The van der Waals surface area contributed by atoms with Gasteiger partial charge in [-0.25, -0.2) is 0 Å². The van der Waals surface area contributed by atoms with Crippen LogP contribution in [-0.2, 0) is 16.1 Å². The lowest BCUT2D eigenvalue weighted by atomic mass is 10.1. The van der Waals surface area contributed by atoms with Gasteiger partial charge in [0.25, 0.3) is 0 Å². The van der Waals surface area contributed by atoms with Crippen LogP contribution in [0.4, 0.5) is 5.69 Å². The van der Waals surface area contributed by atoms with Gasteiger partial charge in [-0.05, 0) is 49.6 Å². The fraction of sp³-hybridized carbons (Fsp3) is 0.273. The third kappa shape index (κ3) is 3.63. The first kappa shape index (κ1) is 18.9. The van der Waals surface area contributed by atoms with Crippen molar-refractivity contribution in [1.29, 1.82) is 0 Å². The van der Waals surface area contributed by atoms with Crippen molar-refractivity contribution in [1.82, 2.24) is 15.0 Å². The van der Waals surface area contributed by atoms with E-state index in [0.29, 0.717) is 24.8 Å². The molecule has 0 radical (unpaired) electrons. The largest absolute Gasteiger partial charge is 0.337 e. The van der Waals surface area contributed by atoms with Crippen LogP contribution >= 0.6 is 0 Å². The molecule has 4 rings (SSSR count). The Morgan fingerprint density at radius 3 is 2.48 bits per heavy atom. The predicted molar refractivity (Wildman–Crippen MR) is 108 cm³/mol. The third-order valence-electron chi connectivity index (χ3n) is 5.27. The van der Waals surface area contributed by atoms with Gasteiger partial charge in [-0.3, -0.25) is 9.59 Å². The Morgan fingerprint density at radius 2 is 1.72 bits per heavy atom. The van der Waals surface area contributed by atoms with Gasteiger partial charge in [0.15, 0.2) is 0 Å². The van der Waals surface area contributed by atoms with Gasteiger partial charge in [-0.15, -0.1) is 0 Å². The number of hydrogen-bond acceptors (Lipinski definition) is 5. The van der Waals surface area contributed by atoms with Crippen molar-refractivity contribution < 1.29 is 14.1 Å². The molecule has 1 fully saturated rings. The van der Waals surface area contributed by atoms with Gasteiger partial charge in [-0.2, -0.15) is 4.98 Å². The van der Waals surface area contributed by atoms with E-state index in [9.17, 15) is 9.59 Å². The smallest absolute Gasteiger partial charge is 0.316 e. The summed E-state index contributed by atoms with van der Waals surface area (Å²) in [5, 5.41) is 4.02. The average Bonchev–Trinajstić information content (AvgIpc) is 3.17. The van der Waals surface area contributed by atoms with Crippen molar-refractivity contribution in [2.24, 2.45) is 0 Å². The van der Waals surface area contributed by atoms with Crippen molar-refractivity contribution in [3.05, 3.63) is 65.0 Å². The molecule has 1 saturated heterocycles. The molecule has 1 aliphatic heterocycles. The van der Waals surface area contributed by atoms with Crippen LogP contribution in [0.5, 0.6) is 0 Å². The van der Waals surface area contributed by atoms with Crippen LogP contribution in [0.25, 0.3) is 11.4 Å². The second-order valence-corrected chi connectivity index (χ2v) is 7.28. The number of aryl methyl sites for hydroxylation is 3. The number of anilines is 1. The van der Waals surface area contributed by atoms with Crippen molar-refractivity contribution in [3.63, 3.8) is 0 Å². The number of para-hydroxylation sites is 1. The van der Waals surface area contributed by atoms with Crippen LogP contribution < -0.4 is 4.90 Å². The molecule has 2 amide bonds. The molecule has 0 bridgehead atoms. The highest BCUT2D eigenvalue weighted by Crippen LogP contribution is 2.23. The maximum atomic E-state index is 12.6. The standard InChI is InChI=1S/C22H22N4O3/c1-14-8-9-17(12-16(14)3)20-23-19(29-24-20)13-25-10-11-26(22(28)21(25)27)18-7-5-4-6-15(18)2/h4-9,12H,10-11,13H2,1-3H3. The SMILES string of the molecule is Cc1ccc(-c2noc(CN3CCN(c4ccccc4C)C(=O)C3=O)n2)cc1C. The quantitative estimate of drug-likeness (QED) is 0.640. The highest BCUT2D eigenvalue weighted by atomic mass is 16.5. The van der Waals surface area contributed by atoms with E-state index < -0.39 is 11.8 Å². The summed E-state index contributed by atoms with van der Waals surface area (Å²) in [6.07, 6.45) is 0. The minimum Gasteiger partial charge on any atom is -0.337 e. The molecule has 0 aliphatic carbocycles. The normalized spacial score (nSPS) is 14.6. The van der Waals surface area contributed by atoms with E-state index in [1.807, 2.05) is 63.2 Å². The lowest BCUT2D eigenvalue weighted by molar-refractivity contribution is -0.146. The summed E-state index contributed by atoms with van der Waals surface area (Å²) in [7, 11) is 0. The number of carbonyl (C=O) groups is 2. The number of carbonyl (C=O) groups excluding carboxylic acids is 2. The zero-order chi connectivity index (χ0) is 20.5. The Balaban J connectivity index is 1.48. The Bertz CT molecular complexity index is 1090. The van der Waals surface area contributed by atoms with E-state index in [-0.39, 0.29) is 6.54 Å². The Kier molecular flexibility index (Phi) is 4.88. The molecule has 0 atom stereocenters. The van der Waals surface area contributed by atoms with Crippen molar-refractivity contribution >= 4 is 17.5 Å². The van der Waals surface area contributed by atoms with Gasteiger partial charge >= 0.3 is 11.8 Å². The summed E-state index contributed by atoms with van der Waals surface area (Å²) < 4.78 is 5.33. The van der Waals surface area contributed by atoms with Gasteiger partial charge in [0.05, 0.1) is 0 Å². The maximum absolute atomic E-state index is 12.6. The monoisotopic (exact) mass is 390 g/mol. The van der Waals surface area contributed by atoms with Crippen LogP contribution in [-0.4, -0.2) is 39.9 Å². The first-order chi connectivity index (χ1) is 13.9. The van der Waals surface area contributed by atoms with Crippen LogP contribution in [0.15, 0.2) is 47.0 Å². The lowest BCUT2D eigenvalue weighted by Gasteiger charge is -2.33. The molecular formula is C22H22N4O3. The predicted octanol–water partition coefficient (Wildman–Crippen LogP) is 3.04. The van der Waals surface area contributed by atoms with E-state index in [0.717, 1.165) is 22.4 Å². The molecule has 0 unspecified atom stereocenters. The third-order valence-corrected chi connectivity index (χ3v) is 5.27. The summed E-state index contributed by atoms with van der Waals surface area (Å²) in [6, 6.07) is 13.5. The Morgan fingerprint density at radius 1 is 0.931 bits per heavy atom. The Labute approximate surface area is 168 Å². The molecule has 0 N–H and O–H groups in total. The zero-order valence-corrected chi connectivity index (χ0v) is 16.7. The lowest BCUT2D eigenvalue weighted by Crippen LogP contribution is -2.54. The van der Waals surface area contributed by atoms with E-state index in [2.05, 4.69) is 10.1 Å². The van der Waals surface area contributed by atoms with Crippen LogP contribution in [0.3, 0.4) is 0 Å². The summed E-state index contributed by atoms with van der Waals surface area (Å²) in [5.74, 6) is -0.325. The van der Waals surface area contributed by atoms with Crippen LogP contribution in [0, 0.1) is 20.8 Å². The molecule has 1 aromatic heterocycles. The van der Waals surface area contributed by atoms with Gasteiger partial charge in [0.1, 0.15) is 6.54 Å². The number of aromatic nitrogens is 2. The van der Waals surface area contributed by atoms with Crippen molar-refractivity contribution in [2.75, 3.05) is 18.0 Å². The molecule has 148 valence electrons. The van der Waals surface area contributed by atoms with Crippen molar-refractivity contribution in [3.8, 4) is 11.4 Å². The minimum absolute atomic E-state index is 0.115. The molecular weight excluding hydrogens is 368 g/mol. The number of benzene rings is 2. The van der Waals surface area contributed by atoms with Gasteiger partial charge in [-0.1, -0.05) is 35.5 Å². The molecule has 1 aliphatic rings. The molecule has 2 aromatic carbocycles. The molecule has 3 aromatic rings. The molecule has 0 saturated carbocycles. The molecule has 2 heterocycles. The number of amides is 2. The maximum Gasteiger partial charge on any atom is 0.316 e. The van der Waals surface area contributed by atoms with E-state index >= 15 is 0 Å². The first-order valence-corrected chi connectivity index (χ1v) is 9.50. The van der Waals surface area contributed by atoms with Gasteiger partial charge < -0.3 is 14.3 Å². The fourth-order valence-corrected chi connectivity index (χ4v) is 3.40. The highest BCUT2D eigenvalue weighted by molar-refractivity contribution is 6.41. The fourth-order valence-electron chi connectivity index (χ4n) is 3.40. The average molecular weight is 390 g/mol. The van der Waals surface area contributed by atoms with E-state index in [1.165, 1.54) is 15.4 Å². The summed E-state index contributed by atoms with van der Waals surface area (Å²) in [5.41, 5.74) is 4.90. The van der Waals surface area contributed by atoms with Gasteiger partial charge in [0.2, 0.25) is 11.7 Å². The molecule has 29 heavy (non-hydrogen) atoms. The molecule has 7 heteroatoms. The van der Waals surface area contributed by atoms with Crippen LogP contribution in [0.1, 0.15) is 22.6 Å². The number of rotatable bonds is 4. The topological polar surface area (TPSA) is 79.5 Å². The molecule has 0 spiro atoms. The second-order valence-electron chi connectivity index (χ2n) is 7.28. The minimum atomic E-state index is -0.564. The van der Waals surface area contributed by atoms with Crippen molar-refractivity contribution in [2.45, 2.75) is 27.3 Å². The van der Waals surface area contributed by atoms with E-state index in [1.54, 1.807) is 0 Å². The van der Waals surface area contributed by atoms with Crippen LogP contribution in [0.2, 0.25) is 0 Å². The summed E-state index contributed by atoms with van der Waals surface area (Å²) in [4.78, 5) is 32.7. The summed E-state index contributed by atoms with van der Waals surface area (Å²) >= 11 is 0. The number of piperazine rings is 1. The van der Waals surface area contributed by atoms with Gasteiger partial charge in [0, 0.05) is 24.3 Å².